The molecule has 0 saturated carbocycles. The van der Waals surface area contributed by atoms with Crippen molar-refractivity contribution in [2.75, 3.05) is 5.73 Å². The summed E-state index contributed by atoms with van der Waals surface area (Å²) in [5.41, 5.74) is 6.26. The molecule has 1 aromatic carbocycles. The lowest BCUT2D eigenvalue weighted by Crippen LogP contribution is -2.05. The molecule has 1 aromatic heterocycles. The van der Waals surface area contributed by atoms with Gasteiger partial charge in [0.1, 0.15) is 6.07 Å². The van der Waals surface area contributed by atoms with E-state index < -0.39 is 5.97 Å². The molecule has 84 valence electrons. The van der Waals surface area contributed by atoms with Gasteiger partial charge in [-0.3, -0.25) is 4.57 Å². The number of hydrogen-bond donors (Lipinski definition) is 2. The minimum Gasteiger partial charge on any atom is -0.478 e. The Morgan fingerprint density at radius 1 is 1.53 bits per heavy atom. The van der Waals surface area contributed by atoms with Crippen molar-refractivity contribution >= 4 is 11.7 Å². The van der Waals surface area contributed by atoms with E-state index >= 15 is 0 Å². The zero-order valence-corrected chi connectivity index (χ0v) is 8.66. The Hall–Kier alpha value is -2.81. The van der Waals surface area contributed by atoms with Crippen LogP contribution in [-0.2, 0) is 0 Å². The number of carboxylic acids is 1. The lowest BCUT2D eigenvalue weighted by molar-refractivity contribution is 0.0698. The van der Waals surface area contributed by atoms with Crippen LogP contribution in [0.3, 0.4) is 0 Å². The van der Waals surface area contributed by atoms with Crippen LogP contribution < -0.4 is 5.73 Å². The van der Waals surface area contributed by atoms with Crippen molar-refractivity contribution in [2.45, 2.75) is 0 Å². The third-order valence-corrected chi connectivity index (χ3v) is 2.29. The van der Waals surface area contributed by atoms with Gasteiger partial charge in [0, 0.05) is 23.8 Å². The fraction of sp³-hybridized carbons (Fsp3) is 0. The summed E-state index contributed by atoms with van der Waals surface area (Å²) >= 11 is 0. The predicted molar refractivity (Wildman–Crippen MR) is 59.7 cm³/mol. The monoisotopic (exact) mass is 228 g/mol. The maximum absolute atomic E-state index is 10.9. The van der Waals surface area contributed by atoms with Crippen LogP contribution in [-0.4, -0.2) is 20.6 Å². The fourth-order valence-electron chi connectivity index (χ4n) is 1.47. The SMILES string of the molecule is N#Cc1nccn1-c1ccc(N)c(C(=O)O)c1. The molecule has 0 radical (unpaired) electrons. The highest BCUT2D eigenvalue weighted by molar-refractivity contribution is 5.94. The van der Waals surface area contributed by atoms with Gasteiger partial charge in [0.2, 0.25) is 5.82 Å². The zero-order chi connectivity index (χ0) is 12.4. The summed E-state index contributed by atoms with van der Waals surface area (Å²) in [4.78, 5) is 14.8. The normalized spacial score (nSPS) is 9.82. The van der Waals surface area contributed by atoms with Crippen LogP contribution in [0.4, 0.5) is 5.69 Å². The topological polar surface area (TPSA) is 105 Å². The Kier molecular flexibility index (Phi) is 2.51. The van der Waals surface area contributed by atoms with Crippen LogP contribution >= 0.6 is 0 Å². The minimum absolute atomic E-state index is 0.0000831. The third kappa shape index (κ3) is 1.81. The van der Waals surface area contributed by atoms with Crippen LogP contribution in [0.15, 0.2) is 30.6 Å². The molecule has 0 spiro atoms. The molecule has 0 aliphatic rings. The van der Waals surface area contributed by atoms with Gasteiger partial charge in [0.15, 0.2) is 0 Å². The molecule has 0 atom stereocenters. The van der Waals surface area contributed by atoms with Crippen molar-refractivity contribution in [2.24, 2.45) is 0 Å². The molecule has 0 aliphatic heterocycles. The molecule has 0 unspecified atom stereocenters. The Labute approximate surface area is 96.5 Å². The Balaban J connectivity index is 2.59. The highest BCUT2D eigenvalue weighted by atomic mass is 16.4. The van der Waals surface area contributed by atoms with Crippen molar-refractivity contribution in [1.82, 2.24) is 9.55 Å². The van der Waals surface area contributed by atoms with Crippen LogP contribution in [0.2, 0.25) is 0 Å². The first kappa shape index (κ1) is 10.7. The molecule has 0 amide bonds. The van der Waals surface area contributed by atoms with Crippen LogP contribution in [0, 0.1) is 11.3 Å². The van der Waals surface area contributed by atoms with E-state index in [0.29, 0.717) is 5.69 Å². The van der Waals surface area contributed by atoms with E-state index in [2.05, 4.69) is 4.98 Å². The number of nitrogens with zero attached hydrogens (tertiary/aromatic N) is 3. The van der Waals surface area contributed by atoms with Crippen LogP contribution in [0.1, 0.15) is 16.2 Å². The first-order valence-electron chi connectivity index (χ1n) is 4.70. The first-order valence-corrected chi connectivity index (χ1v) is 4.70. The molecule has 2 rings (SSSR count). The number of rotatable bonds is 2. The number of aromatic carboxylic acids is 1. The second-order valence-electron chi connectivity index (χ2n) is 3.31. The maximum atomic E-state index is 10.9. The summed E-state index contributed by atoms with van der Waals surface area (Å²) in [5.74, 6) is -0.922. The summed E-state index contributed by atoms with van der Waals surface area (Å²) in [5, 5.41) is 17.8. The number of benzene rings is 1. The van der Waals surface area contributed by atoms with Gasteiger partial charge in [-0.25, -0.2) is 9.78 Å². The average Bonchev–Trinajstić information content (AvgIpc) is 2.77. The smallest absolute Gasteiger partial charge is 0.337 e. The number of carbonyl (C=O) groups is 1. The summed E-state index contributed by atoms with van der Waals surface area (Å²) < 4.78 is 1.49. The second kappa shape index (κ2) is 3.98. The minimum atomic E-state index is -1.11. The molecule has 0 aliphatic carbocycles. The third-order valence-electron chi connectivity index (χ3n) is 2.29. The molecule has 2 aromatic rings. The lowest BCUT2D eigenvalue weighted by Gasteiger charge is -2.06. The maximum Gasteiger partial charge on any atom is 0.337 e. The molecule has 17 heavy (non-hydrogen) atoms. The van der Waals surface area contributed by atoms with E-state index in [0.717, 1.165) is 0 Å². The molecule has 3 N–H and O–H groups in total. The van der Waals surface area contributed by atoms with Gasteiger partial charge in [0.25, 0.3) is 0 Å². The predicted octanol–water partition coefficient (Wildman–Crippen LogP) is 1.02. The molecule has 6 heteroatoms. The number of nitriles is 1. The molecule has 0 saturated heterocycles. The van der Waals surface area contributed by atoms with Gasteiger partial charge in [-0.05, 0) is 18.2 Å². The lowest BCUT2D eigenvalue weighted by atomic mass is 10.1. The standard InChI is InChI=1S/C11H8N4O2/c12-6-10-14-3-4-15(10)7-1-2-9(13)8(5-7)11(16)17/h1-5H,13H2,(H,16,17). The molecule has 1 heterocycles. The van der Waals surface area contributed by atoms with E-state index in [4.69, 9.17) is 16.1 Å². The van der Waals surface area contributed by atoms with E-state index in [-0.39, 0.29) is 17.1 Å². The van der Waals surface area contributed by atoms with Gasteiger partial charge in [-0.15, -0.1) is 0 Å². The summed E-state index contributed by atoms with van der Waals surface area (Å²) in [6.45, 7) is 0. The summed E-state index contributed by atoms with van der Waals surface area (Å²) in [6.07, 6.45) is 3.05. The summed E-state index contributed by atoms with van der Waals surface area (Å²) in [6, 6.07) is 6.43. The Morgan fingerprint density at radius 3 is 2.94 bits per heavy atom. The molecule has 0 fully saturated rings. The largest absolute Gasteiger partial charge is 0.478 e. The van der Waals surface area contributed by atoms with Gasteiger partial charge >= 0.3 is 5.97 Å². The number of nitrogens with two attached hydrogens (primary N) is 1. The number of carboxylic acid groups (broad SMARTS) is 1. The number of hydrogen-bond acceptors (Lipinski definition) is 4. The van der Waals surface area contributed by atoms with Crippen LogP contribution in [0.25, 0.3) is 5.69 Å². The Bertz CT molecular complexity index is 625. The molecule has 6 nitrogen and oxygen atoms in total. The van der Waals surface area contributed by atoms with Crippen molar-refractivity contribution < 1.29 is 9.90 Å². The highest BCUT2D eigenvalue weighted by Crippen LogP contribution is 2.18. The van der Waals surface area contributed by atoms with Gasteiger partial charge in [0.05, 0.1) is 5.56 Å². The van der Waals surface area contributed by atoms with Gasteiger partial charge in [-0.1, -0.05) is 0 Å². The summed E-state index contributed by atoms with van der Waals surface area (Å²) in [7, 11) is 0. The number of nitrogen functional groups attached to an aromatic ring is 1. The van der Waals surface area contributed by atoms with Crippen LogP contribution in [0.5, 0.6) is 0 Å². The first-order chi connectivity index (χ1) is 8.13. The zero-order valence-electron chi connectivity index (χ0n) is 8.66. The molecular weight excluding hydrogens is 220 g/mol. The van der Waals surface area contributed by atoms with Crippen molar-refractivity contribution in [1.29, 1.82) is 5.26 Å². The van der Waals surface area contributed by atoms with E-state index in [1.54, 1.807) is 12.3 Å². The molecular formula is C11H8N4O2. The fourth-order valence-corrected chi connectivity index (χ4v) is 1.47. The number of aromatic nitrogens is 2. The van der Waals surface area contributed by atoms with E-state index in [1.165, 1.54) is 22.9 Å². The van der Waals surface area contributed by atoms with Gasteiger partial charge < -0.3 is 10.8 Å². The van der Waals surface area contributed by atoms with Crippen molar-refractivity contribution in [3.05, 3.63) is 42.0 Å². The number of imidazole rings is 1. The van der Waals surface area contributed by atoms with Crippen molar-refractivity contribution in [3.8, 4) is 11.8 Å². The highest BCUT2D eigenvalue weighted by Gasteiger charge is 2.11. The quantitative estimate of drug-likeness (QED) is 0.746. The number of anilines is 1. The average molecular weight is 228 g/mol. The molecule has 0 bridgehead atoms. The van der Waals surface area contributed by atoms with Crippen molar-refractivity contribution in [3.63, 3.8) is 0 Å². The van der Waals surface area contributed by atoms with E-state index in [1.807, 2.05) is 6.07 Å². The van der Waals surface area contributed by atoms with E-state index in [9.17, 15) is 4.79 Å². The Morgan fingerprint density at radius 2 is 2.29 bits per heavy atom. The van der Waals surface area contributed by atoms with Gasteiger partial charge in [-0.2, -0.15) is 5.26 Å². The second-order valence-corrected chi connectivity index (χ2v) is 3.31.